The van der Waals surface area contributed by atoms with E-state index in [0.29, 0.717) is 25.3 Å². The molecule has 94 valence electrons. The lowest BCUT2D eigenvalue weighted by atomic mass is 10.0. The fourth-order valence-electron chi connectivity index (χ4n) is 1.34. The molecule has 0 heterocycles. The molecule has 0 aromatic rings. The molecule has 1 amide bonds. The number of carboxylic acid groups (broad SMARTS) is 1. The van der Waals surface area contributed by atoms with E-state index >= 15 is 0 Å². The third-order valence-electron chi connectivity index (χ3n) is 2.32. The molecular weight excluding hydrogens is 208 g/mol. The Labute approximate surface area is 96.4 Å². The van der Waals surface area contributed by atoms with E-state index in [1.165, 1.54) is 0 Å². The van der Waals surface area contributed by atoms with Crippen molar-refractivity contribution in [1.29, 1.82) is 0 Å². The van der Waals surface area contributed by atoms with Crippen molar-refractivity contribution < 1.29 is 14.7 Å². The molecule has 0 fully saturated rings. The number of carbonyl (C=O) groups excluding carboxylic acids is 1. The molecule has 5 heteroatoms. The summed E-state index contributed by atoms with van der Waals surface area (Å²) in [7, 11) is 0. The molecule has 0 aliphatic rings. The van der Waals surface area contributed by atoms with Crippen LogP contribution in [0.1, 0.15) is 39.5 Å². The summed E-state index contributed by atoms with van der Waals surface area (Å²) >= 11 is 0. The number of amides is 1. The zero-order valence-corrected chi connectivity index (χ0v) is 10.0. The Bertz CT molecular complexity index is 229. The molecule has 0 saturated heterocycles. The van der Waals surface area contributed by atoms with Crippen molar-refractivity contribution in [3.8, 4) is 0 Å². The van der Waals surface area contributed by atoms with Gasteiger partial charge in [-0.2, -0.15) is 0 Å². The Morgan fingerprint density at radius 2 is 1.94 bits per heavy atom. The highest BCUT2D eigenvalue weighted by Crippen LogP contribution is 2.09. The van der Waals surface area contributed by atoms with Gasteiger partial charge in [0.25, 0.3) is 0 Å². The lowest BCUT2D eigenvalue weighted by Gasteiger charge is -2.11. The normalized spacial score (nSPS) is 14.2. The molecular formula is C11H22N2O3. The van der Waals surface area contributed by atoms with Crippen LogP contribution in [0.25, 0.3) is 0 Å². The molecule has 0 aliphatic carbocycles. The van der Waals surface area contributed by atoms with Crippen LogP contribution in [-0.4, -0.2) is 29.6 Å². The van der Waals surface area contributed by atoms with Gasteiger partial charge >= 0.3 is 5.97 Å². The largest absolute Gasteiger partial charge is 0.481 e. The van der Waals surface area contributed by atoms with Gasteiger partial charge in [0.05, 0.1) is 0 Å². The second-order valence-electron chi connectivity index (χ2n) is 4.36. The summed E-state index contributed by atoms with van der Waals surface area (Å²) in [6.45, 7) is 4.36. The minimum Gasteiger partial charge on any atom is -0.481 e. The summed E-state index contributed by atoms with van der Waals surface area (Å²) in [4.78, 5) is 21.5. The van der Waals surface area contributed by atoms with Crippen molar-refractivity contribution in [1.82, 2.24) is 5.32 Å². The predicted molar refractivity (Wildman–Crippen MR) is 61.9 cm³/mol. The Morgan fingerprint density at radius 1 is 1.31 bits per heavy atom. The van der Waals surface area contributed by atoms with E-state index in [0.717, 1.165) is 6.42 Å². The lowest BCUT2D eigenvalue weighted by molar-refractivity contribution is -0.137. The fourth-order valence-corrected chi connectivity index (χ4v) is 1.34. The summed E-state index contributed by atoms with van der Waals surface area (Å²) in [5.41, 5.74) is 5.48. The van der Waals surface area contributed by atoms with Crippen LogP contribution in [0.3, 0.4) is 0 Å². The fraction of sp³-hybridized carbons (Fsp3) is 0.818. The first-order chi connectivity index (χ1) is 7.41. The average Bonchev–Trinajstić information content (AvgIpc) is 2.13. The van der Waals surface area contributed by atoms with Gasteiger partial charge in [-0.3, -0.25) is 9.59 Å². The summed E-state index contributed by atoms with van der Waals surface area (Å²) in [6.07, 6.45) is 1.98. The monoisotopic (exact) mass is 230 g/mol. The molecule has 0 aromatic heterocycles. The minimum atomic E-state index is -0.771. The average molecular weight is 230 g/mol. The van der Waals surface area contributed by atoms with Crippen molar-refractivity contribution in [2.45, 2.75) is 45.6 Å². The zero-order chi connectivity index (χ0) is 12.6. The van der Waals surface area contributed by atoms with Crippen LogP contribution < -0.4 is 11.1 Å². The van der Waals surface area contributed by atoms with Gasteiger partial charge in [-0.25, -0.2) is 0 Å². The van der Waals surface area contributed by atoms with Crippen LogP contribution in [0.15, 0.2) is 0 Å². The Morgan fingerprint density at radius 3 is 2.44 bits per heavy atom. The third-order valence-corrected chi connectivity index (χ3v) is 2.32. The van der Waals surface area contributed by atoms with Crippen LogP contribution in [-0.2, 0) is 9.59 Å². The maximum atomic E-state index is 11.2. The number of hydrogen-bond donors (Lipinski definition) is 3. The van der Waals surface area contributed by atoms with Crippen molar-refractivity contribution in [2.24, 2.45) is 11.7 Å². The molecule has 0 saturated carbocycles. The van der Waals surface area contributed by atoms with Crippen LogP contribution in [0.4, 0.5) is 0 Å². The smallest absolute Gasteiger partial charge is 0.303 e. The molecule has 0 spiro atoms. The predicted octanol–water partition coefficient (Wildman–Crippen LogP) is 0.731. The minimum absolute atomic E-state index is 0.0413. The number of nitrogens with two attached hydrogens (primary N) is 1. The highest BCUT2D eigenvalue weighted by atomic mass is 16.4. The van der Waals surface area contributed by atoms with E-state index in [4.69, 9.17) is 10.8 Å². The molecule has 0 aromatic carbocycles. The summed E-state index contributed by atoms with van der Waals surface area (Å²) < 4.78 is 0. The maximum absolute atomic E-state index is 11.2. The molecule has 2 atom stereocenters. The Hall–Kier alpha value is -1.10. The van der Waals surface area contributed by atoms with Crippen molar-refractivity contribution >= 4 is 11.9 Å². The molecule has 0 radical (unpaired) electrons. The van der Waals surface area contributed by atoms with E-state index in [9.17, 15) is 9.59 Å². The van der Waals surface area contributed by atoms with Gasteiger partial charge in [-0.15, -0.1) is 0 Å². The summed E-state index contributed by atoms with van der Waals surface area (Å²) in [5, 5.41) is 11.3. The van der Waals surface area contributed by atoms with Gasteiger partial charge in [0.2, 0.25) is 5.91 Å². The molecule has 2 unspecified atom stereocenters. The van der Waals surface area contributed by atoms with Gasteiger partial charge < -0.3 is 16.2 Å². The number of rotatable bonds is 8. The molecule has 5 nitrogen and oxygen atoms in total. The Kier molecular flexibility index (Phi) is 7.54. The van der Waals surface area contributed by atoms with Crippen molar-refractivity contribution in [3.63, 3.8) is 0 Å². The zero-order valence-electron chi connectivity index (χ0n) is 10.0. The molecule has 0 bridgehead atoms. The van der Waals surface area contributed by atoms with Gasteiger partial charge in [-0.05, 0) is 25.7 Å². The number of hydrogen-bond acceptors (Lipinski definition) is 3. The van der Waals surface area contributed by atoms with E-state index in [-0.39, 0.29) is 18.4 Å². The highest BCUT2D eigenvalue weighted by molar-refractivity contribution is 5.76. The summed E-state index contributed by atoms with van der Waals surface area (Å²) in [5.74, 6) is -0.500. The van der Waals surface area contributed by atoms with E-state index in [1.54, 1.807) is 6.92 Å². The molecule has 0 rings (SSSR count). The van der Waals surface area contributed by atoms with Gasteiger partial charge in [0.1, 0.15) is 0 Å². The van der Waals surface area contributed by atoms with E-state index < -0.39 is 5.97 Å². The second kappa shape index (κ2) is 8.10. The van der Waals surface area contributed by atoms with Gasteiger partial charge in [0.15, 0.2) is 0 Å². The van der Waals surface area contributed by atoms with Crippen LogP contribution in [0.2, 0.25) is 0 Å². The number of carbonyl (C=O) groups is 2. The quantitative estimate of drug-likeness (QED) is 0.573. The highest BCUT2D eigenvalue weighted by Gasteiger charge is 2.07. The lowest BCUT2D eigenvalue weighted by Crippen LogP contribution is -2.31. The molecule has 4 N–H and O–H groups in total. The SMILES string of the molecule is CC(N)CC(=O)NCCC(C)CCC(=O)O. The Balaban J connectivity index is 3.50. The topological polar surface area (TPSA) is 92.4 Å². The molecule has 16 heavy (non-hydrogen) atoms. The third kappa shape index (κ3) is 9.45. The first-order valence-corrected chi connectivity index (χ1v) is 5.66. The van der Waals surface area contributed by atoms with E-state index in [2.05, 4.69) is 5.32 Å². The number of aliphatic carboxylic acids is 1. The second-order valence-corrected chi connectivity index (χ2v) is 4.36. The van der Waals surface area contributed by atoms with Crippen LogP contribution in [0.5, 0.6) is 0 Å². The van der Waals surface area contributed by atoms with E-state index in [1.807, 2.05) is 6.92 Å². The molecule has 0 aliphatic heterocycles. The number of nitrogens with one attached hydrogen (secondary N) is 1. The standard InChI is InChI=1S/C11H22N2O3/c1-8(3-4-11(15)16)5-6-13-10(14)7-9(2)12/h8-9H,3-7,12H2,1-2H3,(H,13,14)(H,15,16). The van der Waals surface area contributed by atoms with Gasteiger partial charge in [-0.1, -0.05) is 6.92 Å². The first-order valence-electron chi connectivity index (χ1n) is 5.66. The van der Waals surface area contributed by atoms with Crippen LogP contribution >= 0.6 is 0 Å². The maximum Gasteiger partial charge on any atom is 0.303 e. The van der Waals surface area contributed by atoms with Crippen molar-refractivity contribution in [3.05, 3.63) is 0 Å². The van der Waals surface area contributed by atoms with Crippen LogP contribution in [0, 0.1) is 5.92 Å². The summed E-state index contributed by atoms with van der Waals surface area (Å²) in [6, 6.07) is -0.121. The van der Waals surface area contributed by atoms with Crippen molar-refractivity contribution in [2.75, 3.05) is 6.54 Å². The first kappa shape index (κ1) is 14.9. The van der Waals surface area contributed by atoms with Gasteiger partial charge in [0, 0.05) is 25.4 Å². The number of carboxylic acids is 1.